The topological polar surface area (TPSA) is 120 Å². The molecule has 46 heavy (non-hydrogen) atoms. The molecule has 1 aliphatic heterocycles. The van der Waals surface area contributed by atoms with E-state index in [1.807, 2.05) is 71.9 Å². The third kappa shape index (κ3) is 7.63. The monoisotopic (exact) mass is 630 g/mol. The van der Waals surface area contributed by atoms with Gasteiger partial charge in [0.2, 0.25) is 0 Å². The zero-order chi connectivity index (χ0) is 33.2. The first-order chi connectivity index (χ1) is 21.7. The summed E-state index contributed by atoms with van der Waals surface area (Å²) in [6.45, 7) is 15.6. The molecule has 2 aromatic heterocycles. The molecular formula is C35H46N6O5. The SMILES string of the molecule is CCn1c(-c2nc3cc(C(=O)N4CCC[C@@H](NC(=O)OC(C)(C)C)C4)ccc3n2CCNC(=O)OC(C)(C)C)cc2ccccc21. The number of aromatic nitrogens is 3. The number of amides is 3. The van der Waals surface area contributed by atoms with Crippen molar-refractivity contribution in [3.05, 3.63) is 54.1 Å². The number of fused-ring (bicyclic) bond motifs is 2. The van der Waals surface area contributed by atoms with Crippen LogP contribution in [0.4, 0.5) is 9.59 Å². The molecule has 11 heteroatoms. The fraction of sp³-hybridized carbons (Fsp3) is 0.486. The van der Waals surface area contributed by atoms with E-state index in [1.54, 1.807) is 4.90 Å². The van der Waals surface area contributed by atoms with Crippen LogP contribution in [-0.4, -0.2) is 74.0 Å². The number of hydrogen-bond donors (Lipinski definition) is 2. The van der Waals surface area contributed by atoms with Crippen molar-refractivity contribution in [2.45, 2.75) is 91.6 Å². The van der Waals surface area contributed by atoms with E-state index in [9.17, 15) is 14.4 Å². The minimum atomic E-state index is -0.595. The molecule has 0 spiro atoms. The summed E-state index contributed by atoms with van der Waals surface area (Å²) in [4.78, 5) is 45.4. The fourth-order valence-corrected chi connectivity index (χ4v) is 5.94. The lowest BCUT2D eigenvalue weighted by atomic mass is 10.0. The van der Waals surface area contributed by atoms with E-state index in [4.69, 9.17) is 14.5 Å². The number of carbonyl (C=O) groups is 3. The molecule has 5 rings (SSSR count). The van der Waals surface area contributed by atoms with E-state index in [0.717, 1.165) is 47.3 Å². The molecule has 0 aliphatic carbocycles. The van der Waals surface area contributed by atoms with Crippen molar-refractivity contribution in [2.75, 3.05) is 19.6 Å². The number of alkyl carbamates (subject to hydrolysis) is 2. The summed E-state index contributed by atoms with van der Waals surface area (Å²) in [5, 5.41) is 6.89. The third-order valence-electron chi connectivity index (χ3n) is 7.78. The summed E-state index contributed by atoms with van der Waals surface area (Å²) >= 11 is 0. The van der Waals surface area contributed by atoms with Crippen LogP contribution < -0.4 is 10.6 Å². The van der Waals surface area contributed by atoms with Crippen LogP contribution in [0.3, 0.4) is 0 Å². The Morgan fingerprint density at radius 2 is 1.63 bits per heavy atom. The van der Waals surface area contributed by atoms with Crippen LogP contribution in [0.25, 0.3) is 33.5 Å². The Hall–Kier alpha value is -4.54. The molecule has 2 N–H and O–H groups in total. The summed E-state index contributed by atoms with van der Waals surface area (Å²) < 4.78 is 15.2. The molecule has 1 atom stereocenters. The fourth-order valence-electron chi connectivity index (χ4n) is 5.94. The molecule has 246 valence electrons. The van der Waals surface area contributed by atoms with E-state index >= 15 is 0 Å². The average Bonchev–Trinajstić information content (AvgIpc) is 3.52. The maximum Gasteiger partial charge on any atom is 0.407 e. The Morgan fingerprint density at radius 3 is 2.35 bits per heavy atom. The summed E-state index contributed by atoms with van der Waals surface area (Å²) in [6.07, 6.45) is 0.602. The molecule has 1 saturated heterocycles. The van der Waals surface area contributed by atoms with Gasteiger partial charge in [-0.25, -0.2) is 14.6 Å². The minimum absolute atomic E-state index is 0.108. The van der Waals surface area contributed by atoms with Crippen LogP contribution in [0.1, 0.15) is 71.7 Å². The molecule has 4 aromatic rings. The van der Waals surface area contributed by atoms with Gasteiger partial charge in [0.25, 0.3) is 5.91 Å². The molecule has 3 heterocycles. The van der Waals surface area contributed by atoms with E-state index < -0.39 is 23.4 Å². The predicted molar refractivity (Wildman–Crippen MR) is 179 cm³/mol. The number of rotatable bonds is 7. The second-order valence-corrected chi connectivity index (χ2v) is 13.8. The average molecular weight is 631 g/mol. The Bertz CT molecular complexity index is 1740. The van der Waals surface area contributed by atoms with Gasteiger partial charge in [0.15, 0.2) is 5.82 Å². The van der Waals surface area contributed by atoms with Gasteiger partial charge in [-0.1, -0.05) is 18.2 Å². The maximum absolute atomic E-state index is 13.7. The van der Waals surface area contributed by atoms with Gasteiger partial charge in [0.05, 0.1) is 16.7 Å². The van der Waals surface area contributed by atoms with Crippen molar-refractivity contribution < 1.29 is 23.9 Å². The first-order valence-electron chi connectivity index (χ1n) is 16.1. The molecule has 1 fully saturated rings. The Balaban J connectivity index is 1.43. The molecule has 0 saturated carbocycles. The minimum Gasteiger partial charge on any atom is -0.444 e. The van der Waals surface area contributed by atoms with Crippen molar-refractivity contribution in [3.63, 3.8) is 0 Å². The van der Waals surface area contributed by atoms with E-state index in [-0.39, 0.29) is 11.9 Å². The smallest absolute Gasteiger partial charge is 0.407 e. The predicted octanol–water partition coefficient (Wildman–Crippen LogP) is 6.33. The van der Waals surface area contributed by atoms with Crippen LogP contribution >= 0.6 is 0 Å². The number of ether oxygens (including phenoxy) is 2. The molecule has 1 aliphatic rings. The van der Waals surface area contributed by atoms with Crippen molar-refractivity contribution in [1.29, 1.82) is 0 Å². The van der Waals surface area contributed by atoms with E-state index in [0.29, 0.717) is 37.3 Å². The lowest BCUT2D eigenvalue weighted by Crippen LogP contribution is -2.50. The Morgan fingerprint density at radius 1 is 0.913 bits per heavy atom. The first-order valence-corrected chi connectivity index (χ1v) is 16.1. The number of hydrogen-bond acceptors (Lipinski definition) is 6. The molecule has 0 bridgehead atoms. The van der Waals surface area contributed by atoms with Gasteiger partial charge < -0.3 is 34.1 Å². The summed E-state index contributed by atoms with van der Waals surface area (Å²) in [5.74, 6) is 0.645. The van der Waals surface area contributed by atoms with Gasteiger partial charge >= 0.3 is 12.2 Å². The highest BCUT2D eigenvalue weighted by molar-refractivity contribution is 5.98. The van der Waals surface area contributed by atoms with Gasteiger partial charge in [-0.2, -0.15) is 0 Å². The molecule has 0 radical (unpaired) electrons. The third-order valence-corrected chi connectivity index (χ3v) is 7.78. The van der Waals surface area contributed by atoms with E-state index in [1.165, 1.54) is 0 Å². The Kier molecular flexibility index (Phi) is 9.32. The number of nitrogens with one attached hydrogen (secondary N) is 2. The largest absolute Gasteiger partial charge is 0.444 e. The number of carbonyl (C=O) groups excluding carboxylic acids is 3. The first kappa shape index (κ1) is 32.8. The second kappa shape index (κ2) is 13.1. The lowest BCUT2D eigenvalue weighted by Gasteiger charge is -2.33. The summed E-state index contributed by atoms with van der Waals surface area (Å²) in [5.41, 5.74) is 2.95. The maximum atomic E-state index is 13.7. The normalized spacial score (nSPS) is 15.6. The quantitative estimate of drug-likeness (QED) is 0.246. The van der Waals surface area contributed by atoms with Crippen LogP contribution in [0, 0.1) is 0 Å². The molecular weight excluding hydrogens is 584 g/mol. The number of nitrogens with zero attached hydrogens (tertiary/aromatic N) is 4. The standard InChI is InChI=1S/C35H46N6O5/c1-8-40-27-14-10-9-12-23(27)21-29(40)30-38-26-20-24(15-16-28(26)41(30)19-17-36-32(43)45-34(2,3)4)31(42)39-18-11-13-25(22-39)37-33(44)46-35(5,6)7/h9-10,12,14-16,20-21,25H,8,11,13,17-19,22H2,1-7H3,(H,36,43)(H,37,44)/t25-/m1/s1. The molecule has 0 unspecified atom stereocenters. The summed E-state index contributed by atoms with van der Waals surface area (Å²) in [6, 6.07) is 15.8. The zero-order valence-corrected chi connectivity index (χ0v) is 28.0. The van der Waals surface area contributed by atoms with Crippen LogP contribution in [0.15, 0.2) is 48.5 Å². The van der Waals surface area contributed by atoms with Gasteiger partial charge in [-0.3, -0.25) is 4.79 Å². The van der Waals surface area contributed by atoms with Gasteiger partial charge in [-0.15, -0.1) is 0 Å². The van der Waals surface area contributed by atoms with Crippen molar-refractivity contribution in [1.82, 2.24) is 29.7 Å². The van der Waals surface area contributed by atoms with Crippen molar-refractivity contribution in [2.24, 2.45) is 0 Å². The molecule has 2 aromatic carbocycles. The van der Waals surface area contributed by atoms with Gasteiger partial charge in [-0.05, 0) is 91.6 Å². The number of likely N-dealkylation sites (tertiary alicyclic amines) is 1. The number of piperidine rings is 1. The van der Waals surface area contributed by atoms with Gasteiger partial charge in [0.1, 0.15) is 11.2 Å². The highest BCUT2D eigenvalue weighted by Crippen LogP contribution is 2.31. The summed E-state index contributed by atoms with van der Waals surface area (Å²) in [7, 11) is 0. The number of para-hydroxylation sites is 1. The molecule has 3 amide bonds. The highest BCUT2D eigenvalue weighted by Gasteiger charge is 2.28. The van der Waals surface area contributed by atoms with Crippen LogP contribution in [0.5, 0.6) is 0 Å². The van der Waals surface area contributed by atoms with Crippen molar-refractivity contribution in [3.8, 4) is 11.5 Å². The van der Waals surface area contributed by atoms with Gasteiger partial charge in [0, 0.05) is 55.2 Å². The number of aryl methyl sites for hydroxylation is 1. The number of imidazole rings is 1. The van der Waals surface area contributed by atoms with Crippen molar-refractivity contribution >= 4 is 40.0 Å². The highest BCUT2D eigenvalue weighted by atomic mass is 16.6. The zero-order valence-electron chi connectivity index (χ0n) is 28.0. The lowest BCUT2D eigenvalue weighted by molar-refractivity contribution is 0.0451. The van der Waals surface area contributed by atoms with Crippen LogP contribution in [-0.2, 0) is 22.6 Å². The second-order valence-electron chi connectivity index (χ2n) is 13.8. The van der Waals surface area contributed by atoms with Crippen LogP contribution in [0.2, 0.25) is 0 Å². The number of benzene rings is 2. The molecule has 11 nitrogen and oxygen atoms in total. The van der Waals surface area contributed by atoms with E-state index in [2.05, 4.69) is 44.9 Å². The Labute approximate surface area is 270 Å².